The van der Waals surface area contributed by atoms with Gasteiger partial charge in [-0.3, -0.25) is 4.79 Å². The van der Waals surface area contributed by atoms with E-state index < -0.39 is 0 Å². The summed E-state index contributed by atoms with van der Waals surface area (Å²) in [6, 6.07) is 7.19. The van der Waals surface area contributed by atoms with Crippen LogP contribution in [0.3, 0.4) is 0 Å². The number of methoxy groups -OCH3 is 1. The third-order valence-electron chi connectivity index (χ3n) is 3.17. The van der Waals surface area contributed by atoms with Crippen LogP contribution < -0.4 is 10.5 Å². The van der Waals surface area contributed by atoms with Gasteiger partial charge in [0.05, 0.1) is 23.4 Å². The molecule has 0 aliphatic rings. The summed E-state index contributed by atoms with van der Waals surface area (Å²) in [5, 5.41) is 2.38. The molecule has 2 aromatic rings. The van der Waals surface area contributed by atoms with Crippen molar-refractivity contribution in [3.8, 4) is 5.75 Å². The first kappa shape index (κ1) is 18.6. The zero-order chi connectivity index (χ0) is 15.4. The highest BCUT2D eigenvalue weighted by atomic mass is 35.5. The number of carbonyl (C=O) groups is 1. The maximum absolute atomic E-state index is 12.5. The lowest BCUT2D eigenvalue weighted by Crippen LogP contribution is -2.29. The van der Waals surface area contributed by atoms with Gasteiger partial charge in [0.1, 0.15) is 5.75 Å². The van der Waals surface area contributed by atoms with Crippen LogP contribution in [0.15, 0.2) is 29.6 Å². The number of hydrogen-bond donors (Lipinski definition) is 1. The molecule has 2 rings (SSSR count). The van der Waals surface area contributed by atoms with Crippen molar-refractivity contribution < 1.29 is 9.53 Å². The van der Waals surface area contributed by atoms with Crippen LogP contribution in [0.2, 0.25) is 5.02 Å². The minimum absolute atomic E-state index is 0. The van der Waals surface area contributed by atoms with Gasteiger partial charge >= 0.3 is 0 Å². The minimum atomic E-state index is -0.134. The molecule has 0 atom stereocenters. The fourth-order valence-electron chi connectivity index (χ4n) is 1.95. The Morgan fingerprint density at radius 2 is 2.18 bits per heavy atom. The maximum Gasteiger partial charge on any atom is 0.257 e. The minimum Gasteiger partial charge on any atom is -0.496 e. The molecule has 0 fully saturated rings. The molecule has 0 bridgehead atoms. The average molecular weight is 361 g/mol. The molecule has 120 valence electrons. The van der Waals surface area contributed by atoms with Crippen LogP contribution in [0.25, 0.3) is 0 Å². The number of hydrogen-bond acceptors (Lipinski definition) is 4. The first-order valence-electron chi connectivity index (χ1n) is 6.43. The number of nitrogens with two attached hydrogens (primary N) is 1. The second-order valence-corrected chi connectivity index (χ2v) is 6.07. The van der Waals surface area contributed by atoms with E-state index in [9.17, 15) is 4.79 Å². The first-order valence-corrected chi connectivity index (χ1v) is 7.69. The van der Waals surface area contributed by atoms with Gasteiger partial charge in [-0.15, -0.1) is 23.7 Å². The van der Waals surface area contributed by atoms with Gasteiger partial charge in [0.15, 0.2) is 0 Å². The van der Waals surface area contributed by atoms with E-state index in [1.165, 1.54) is 12.0 Å². The van der Waals surface area contributed by atoms with Crippen LogP contribution in [0.4, 0.5) is 5.69 Å². The van der Waals surface area contributed by atoms with Crippen LogP contribution in [0.1, 0.15) is 15.2 Å². The summed E-state index contributed by atoms with van der Waals surface area (Å²) < 4.78 is 5.22. The summed E-state index contributed by atoms with van der Waals surface area (Å²) in [5.41, 5.74) is 6.55. The second kappa shape index (κ2) is 8.27. The van der Waals surface area contributed by atoms with Crippen molar-refractivity contribution in [2.45, 2.75) is 6.42 Å². The van der Waals surface area contributed by atoms with Crippen LogP contribution >= 0.6 is 35.3 Å². The molecule has 1 aromatic heterocycles. The largest absolute Gasteiger partial charge is 0.496 e. The molecule has 1 amide bonds. The van der Waals surface area contributed by atoms with Crippen molar-refractivity contribution >= 4 is 46.9 Å². The van der Waals surface area contributed by atoms with E-state index in [0.717, 1.165) is 6.42 Å². The third-order valence-corrected chi connectivity index (χ3v) is 4.43. The molecule has 1 heterocycles. The molecular formula is C15H18Cl2N2O2S. The number of nitrogens with zero attached hydrogens (tertiary/aromatic N) is 1. The Hall–Kier alpha value is -1.43. The van der Waals surface area contributed by atoms with Gasteiger partial charge in [0.25, 0.3) is 5.91 Å². The van der Waals surface area contributed by atoms with Gasteiger partial charge in [-0.25, -0.2) is 0 Å². The summed E-state index contributed by atoms with van der Waals surface area (Å²) in [4.78, 5) is 15.4. The maximum atomic E-state index is 12.5. The summed E-state index contributed by atoms with van der Waals surface area (Å²) in [7, 11) is 3.27. The van der Waals surface area contributed by atoms with Crippen LogP contribution in [-0.4, -0.2) is 31.5 Å². The van der Waals surface area contributed by atoms with E-state index in [2.05, 4.69) is 6.07 Å². The predicted octanol–water partition coefficient (Wildman–Crippen LogP) is 3.73. The Kier molecular flexibility index (Phi) is 7.00. The Balaban J connectivity index is 0.00000242. The van der Waals surface area contributed by atoms with E-state index in [4.69, 9.17) is 22.1 Å². The molecule has 0 spiro atoms. The number of carbonyl (C=O) groups excluding carboxylic acids is 1. The number of anilines is 1. The topological polar surface area (TPSA) is 55.6 Å². The summed E-state index contributed by atoms with van der Waals surface area (Å²) >= 11 is 7.68. The standard InChI is InChI=1S/C15H17ClN2O2S.ClH/c1-18(6-5-10-4-3-7-21-10)15(19)11-8-12(16)13(17)9-14(11)20-2;/h3-4,7-9H,5-6,17H2,1-2H3;1H. The van der Waals surface area contributed by atoms with Crippen molar-refractivity contribution in [3.63, 3.8) is 0 Å². The molecule has 4 nitrogen and oxygen atoms in total. The van der Waals surface area contributed by atoms with Crippen molar-refractivity contribution in [3.05, 3.63) is 45.1 Å². The fraction of sp³-hybridized carbons (Fsp3) is 0.267. The number of thiophene rings is 1. The molecule has 0 radical (unpaired) electrons. The smallest absolute Gasteiger partial charge is 0.257 e. The Labute approximate surface area is 145 Å². The molecule has 2 N–H and O–H groups in total. The Morgan fingerprint density at radius 3 is 2.77 bits per heavy atom. The zero-order valence-corrected chi connectivity index (χ0v) is 14.7. The van der Waals surface area contributed by atoms with E-state index >= 15 is 0 Å². The molecule has 0 saturated heterocycles. The van der Waals surface area contributed by atoms with Gasteiger partial charge < -0.3 is 15.4 Å². The highest BCUT2D eigenvalue weighted by molar-refractivity contribution is 7.09. The second-order valence-electron chi connectivity index (χ2n) is 4.63. The van der Waals surface area contributed by atoms with Crippen LogP contribution in [0, 0.1) is 0 Å². The Bertz CT molecular complexity index is 633. The van der Waals surface area contributed by atoms with Gasteiger partial charge in [-0.05, 0) is 23.9 Å². The number of nitrogen functional groups attached to an aromatic ring is 1. The molecule has 0 unspecified atom stereocenters. The van der Waals surface area contributed by atoms with E-state index in [1.807, 2.05) is 11.4 Å². The lowest BCUT2D eigenvalue weighted by Gasteiger charge is -2.19. The highest BCUT2D eigenvalue weighted by Crippen LogP contribution is 2.29. The number of rotatable bonds is 5. The summed E-state index contributed by atoms with van der Waals surface area (Å²) in [5.74, 6) is 0.301. The Morgan fingerprint density at radius 1 is 1.45 bits per heavy atom. The molecule has 22 heavy (non-hydrogen) atoms. The van der Waals surface area contributed by atoms with Crippen LogP contribution in [-0.2, 0) is 6.42 Å². The molecule has 1 aromatic carbocycles. The molecular weight excluding hydrogens is 343 g/mol. The van der Waals surface area contributed by atoms with Crippen molar-refractivity contribution in [1.29, 1.82) is 0 Å². The van der Waals surface area contributed by atoms with Crippen molar-refractivity contribution in [2.24, 2.45) is 0 Å². The number of halogens is 2. The quantitative estimate of drug-likeness (QED) is 0.826. The highest BCUT2D eigenvalue weighted by Gasteiger charge is 2.18. The van der Waals surface area contributed by atoms with Gasteiger partial charge in [-0.1, -0.05) is 17.7 Å². The zero-order valence-electron chi connectivity index (χ0n) is 12.3. The fourth-order valence-corrected chi connectivity index (χ4v) is 2.81. The van der Waals surface area contributed by atoms with E-state index in [-0.39, 0.29) is 18.3 Å². The predicted molar refractivity (Wildman–Crippen MR) is 94.6 cm³/mol. The van der Waals surface area contributed by atoms with Crippen LogP contribution in [0.5, 0.6) is 5.75 Å². The lowest BCUT2D eigenvalue weighted by atomic mass is 10.1. The van der Waals surface area contributed by atoms with Crippen molar-refractivity contribution in [2.75, 3.05) is 26.4 Å². The first-order chi connectivity index (χ1) is 10.0. The molecule has 0 aliphatic heterocycles. The number of likely N-dealkylation sites (N-methyl/N-ethyl adjacent to an activating group) is 1. The summed E-state index contributed by atoms with van der Waals surface area (Å²) in [6.45, 7) is 0.629. The summed E-state index contributed by atoms with van der Waals surface area (Å²) in [6.07, 6.45) is 0.824. The van der Waals surface area contributed by atoms with Gasteiger partial charge in [0.2, 0.25) is 0 Å². The number of ether oxygens (including phenoxy) is 1. The SMILES string of the molecule is COc1cc(N)c(Cl)cc1C(=O)N(C)CCc1cccs1.Cl. The number of amides is 1. The normalized spacial score (nSPS) is 9.95. The molecule has 7 heteroatoms. The van der Waals surface area contributed by atoms with Gasteiger partial charge in [-0.2, -0.15) is 0 Å². The number of benzene rings is 1. The lowest BCUT2D eigenvalue weighted by molar-refractivity contribution is 0.0793. The average Bonchev–Trinajstić information content (AvgIpc) is 2.99. The molecule has 0 aliphatic carbocycles. The van der Waals surface area contributed by atoms with Gasteiger partial charge in [0, 0.05) is 24.5 Å². The third kappa shape index (κ3) is 4.29. The van der Waals surface area contributed by atoms with E-state index in [1.54, 1.807) is 35.4 Å². The molecule has 0 saturated carbocycles. The monoisotopic (exact) mass is 360 g/mol. The van der Waals surface area contributed by atoms with E-state index in [0.29, 0.717) is 28.6 Å². The van der Waals surface area contributed by atoms with Crippen molar-refractivity contribution in [1.82, 2.24) is 4.90 Å².